The molecule has 2 saturated heterocycles. The van der Waals surface area contributed by atoms with Crippen LogP contribution in [0.3, 0.4) is 0 Å². The number of amides is 1. The van der Waals surface area contributed by atoms with E-state index in [1.807, 2.05) is 4.90 Å². The Morgan fingerprint density at radius 1 is 1.13 bits per heavy atom. The quantitative estimate of drug-likeness (QED) is 0.759. The molecule has 3 heterocycles. The molecular weight excluding hydrogens is 399 g/mol. The van der Waals surface area contributed by atoms with E-state index in [4.69, 9.17) is 9.47 Å². The fraction of sp³-hybridized carbons (Fsp3) is 0.429. The van der Waals surface area contributed by atoms with E-state index in [2.05, 4.69) is 4.98 Å². The Morgan fingerprint density at radius 2 is 1.93 bits per heavy atom. The molecule has 0 N–H and O–H groups in total. The molecule has 2 aliphatic heterocycles. The van der Waals surface area contributed by atoms with E-state index < -0.39 is 11.7 Å². The summed E-state index contributed by atoms with van der Waals surface area (Å²) in [5, 5.41) is 0. The number of alkyl halides is 3. The predicted octanol–water partition coefficient (Wildman–Crippen LogP) is 3.23. The van der Waals surface area contributed by atoms with E-state index in [-0.39, 0.29) is 12.0 Å². The fourth-order valence-corrected chi connectivity index (χ4v) is 3.58. The summed E-state index contributed by atoms with van der Waals surface area (Å²) in [5.74, 6) is 0.304. The molecule has 0 unspecified atom stereocenters. The highest BCUT2D eigenvalue weighted by molar-refractivity contribution is 5.94. The van der Waals surface area contributed by atoms with Gasteiger partial charge in [0.15, 0.2) is 0 Å². The third-order valence-electron chi connectivity index (χ3n) is 5.26. The minimum Gasteiger partial charge on any atom is -0.472 e. The second-order valence-electron chi connectivity index (χ2n) is 7.32. The summed E-state index contributed by atoms with van der Waals surface area (Å²) >= 11 is 0. The summed E-state index contributed by atoms with van der Waals surface area (Å²) in [7, 11) is 0. The van der Waals surface area contributed by atoms with E-state index in [1.54, 1.807) is 23.1 Å². The molecule has 2 fully saturated rings. The van der Waals surface area contributed by atoms with Crippen LogP contribution in [0.5, 0.6) is 5.88 Å². The van der Waals surface area contributed by atoms with Crippen molar-refractivity contribution < 1.29 is 27.4 Å². The van der Waals surface area contributed by atoms with E-state index in [0.29, 0.717) is 56.5 Å². The minimum atomic E-state index is -4.37. The summed E-state index contributed by atoms with van der Waals surface area (Å²) < 4.78 is 49.8. The van der Waals surface area contributed by atoms with E-state index in [1.165, 1.54) is 12.3 Å². The molecule has 0 saturated carbocycles. The molecule has 6 nitrogen and oxygen atoms in total. The SMILES string of the molecule is O=C(c1ccc(O[C@@H]2CCOC2)nc1)N1CCN(c2cccc(C(F)(F)F)c2)CC1. The topological polar surface area (TPSA) is 54.9 Å². The molecule has 1 atom stereocenters. The van der Waals surface area contributed by atoms with Crippen molar-refractivity contribution >= 4 is 11.6 Å². The maximum absolute atomic E-state index is 12.9. The number of benzene rings is 1. The van der Waals surface area contributed by atoms with Gasteiger partial charge in [-0.1, -0.05) is 6.07 Å². The summed E-state index contributed by atoms with van der Waals surface area (Å²) in [6, 6.07) is 8.62. The van der Waals surface area contributed by atoms with Crippen LogP contribution in [-0.2, 0) is 10.9 Å². The molecule has 0 spiro atoms. The number of hydrogen-bond acceptors (Lipinski definition) is 5. The summed E-state index contributed by atoms with van der Waals surface area (Å²) in [5.41, 5.74) is 0.296. The third kappa shape index (κ3) is 4.67. The van der Waals surface area contributed by atoms with Crippen molar-refractivity contribution in [3.05, 3.63) is 53.7 Å². The summed E-state index contributed by atoms with van der Waals surface area (Å²) in [4.78, 5) is 20.5. The number of carbonyl (C=O) groups is 1. The number of hydrogen-bond donors (Lipinski definition) is 0. The number of piperazine rings is 1. The average Bonchev–Trinajstić information content (AvgIpc) is 3.26. The van der Waals surface area contributed by atoms with Gasteiger partial charge < -0.3 is 19.3 Å². The highest BCUT2D eigenvalue weighted by atomic mass is 19.4. The number of carbonyl (C=O) groups excluding carboxylic acids is 1. The van der Waals surface area contributed by atoms with Crippen LogP contribution >= 0.6 is 0 Å². The molecule has 1 aromatic carbocycles. The van der Waals surface area contributed by atoms with Crippen molar-refractivity contribution in [1.29, 1.82) is 0 Å². The van der Waals surface area contributed by atoms with Crippen LogP contribution < -0.4 is 9.64 Å². The standard InChI is InChI=1S/C21H22F3N3O3/c22-21(23,24)16-2-1-3-17(12-16)26-7-9-27(10-8-26)20(28)15-4-5-19(25-13-15)30-18-6-11-29-14-18/h1-5,12-13,18H,6-11,14H2/t18-/m1/s1. The van der Waals surface area contributed by atoms with Gasteiger partial charge in [0.1, 0.15) is 6.10 Å². The number of rotatable bonds is 4. The summed E-state index contributed by atoms with van der Waals surface area (Å²) in [6.45, 7) is 2.98. The third-order valence-corrected chi connectivity index (χ3v) is 5.26. The van der Waals surface area contributed by atoms with Gasteiger partial charge in [-0.2, -0.15) is 13.2 Å². The van der Waals surface area contributed by atoms with Gasteiger partial charge in [0.25, 0.3) is 5.91 Å². The van der Waals surface area contributed by atoms with E-state index in [0.717, 1.165) is 18.6 Å². The first-order valence-corrected chi connectivity index (χ1v) is 9.82. The molecule has 9 heteroatoms. The van der Waals surface area contributed by atoms with Crippen molar-refractivity contribution in [3.8, 4) is 5.88 Å². The zero-order chi connectivity index (χ0) is 21.1. The average molecular weight is 421 g/mol. The van der Waals surface area contributed by atoms with Gasteiger partial charge in [-0.3, -0.25) is 4.79 Å². The Morgan fingerprint density at radius 3 is 2.57 bits per heavy atom. The predicted molar refractivity (Wildman–Crippen MR) is 104 cm³/mol. The fourth-order valence-electron chi connectivity index (χ4n) is 3.58. The zero-order valence-electron chi connectivity index (χ0n) is 16.3. The Hall–Kier alpha value is -2.81. The first-order valence-electron chi connectivity index (χ1n) is 9.82. The highest BCUT2D eigenvalue weighted by Crippen LogP contribution is 2.32. The molecule has 1 aromatic heterocycles. The maximum atomic E-state index is 12.9. The molecule has 160 valence electrons. The molecule has 1 amide bonds. The van der Waals surface area contributed by atoms with Gasteiger partial charge in [-0.05, 0) is 24.3 Å². The first kappa shape index (κ1) is 20.5. The monoisotopic (exact) mass is 421 g/mol. The number of nitrogens with zero attached hydrogens (tertiary/aromatic N) is 3. The Balaban J connectivity index is 1.34. The molecule has 0 radical (unpaired) electrons. The van der Waals surface area contributed by atoms with Crippen LogP contribution in [0.2, 0.25) is 0 Å². The van der Waals surface area contributed by atoms with Crippen LogP contribution in [0.1, 0.15) is 22.3 Å². The lowest BCUT2D eigenvalue weighted by Crippen LogP contribution is -2.48. The lowest BCUT2D eigenvalue weighted by atomic mass is 10.1. The van der Waals surface area contributed by atoms with Gasteiger partial charge in [-0.15, -0.1) is 0 Å². The van der Waals surface area contributed by atoms with E-state index in [9.17, 15) is 18.0 Å². The highest BCUT2D eigenvalue weighted by Gasteiger charge is 2.31. The Kier molecular flexibility index (Phi) is 5.80. The molecular formula is C21H22F3N3O3. The van der Waals surface area contributed by atoms with Gasteiger partial charge in [0.2, 0.25) is 5.88 Å². The van der Waals surface area contributed by atoms with Crippen molar-refractivity contribution in [2.24, 2.45) is 0 Å². The number of anilines is 1. The first-order chi connectivity index (χ1) is 14.4. The largest absolute Gasteiger partial charge is 0.472 e. The van der Waals surface area contributed by atoms with Crippen LogP contribution in [0.25, 0.3) is 0 Å². The number of ether oxygens (including phenoxy) is 2. The minimum absolute atomic E-state index is 0.0111. The zero-order valence-corrected chi connectivity index (χ0v) is 16.3. The van der Waals surface area contributed by atoms with Crippen molar-refractivity contribution in [3.63, 3.8) is 0 Å². The van der Waals surface area contributed by atoms with Gasteiger partial charge in [0.05, 0.1) is 24.3 Å². The normalized spacial score (nSPS) is 19.8. The second-order valence-corrected chi connectivity index (χ2v) is 7.32. The van der Waals surface area contributed by atoms with Crippen LogP contribution in [0, 0.1) is 0 Å². The summed E-state index contributed by atoms with van der Waals surface area (Å²) in [6.07, 6.45) is -2.07. The van der Waals surface area contributed by atoms with Crippen LogP contribution in [0.4, 0.5) is 18.9 Å². The Labute approximate surface area is 172 Å². The van der Waals surface area contributed by atoms with Crippen LogP contribution in [-0.4, -0.2) is 61.3 Å². The molecule has 0 aliphatic carbocycles. The van der Waals surface area contributed by atoms with Crippen molar-refractivity contribution in [1.82, 2.24) is 9.88 Å². The van der Waals surface area contributed by atoms with Gasteiger partial charge in [0, 0.05) is 50.6 Å². The number of pyridine rings is 1. The number of halogens is 3. The lowest BCUT2D eigenvalue weighted by Gasteiger charge is -2.36. The molecule has 2 aliphatic rings. The molecule has 2 aromatic rings. The lowest BCUT2D eigenvalue weighted by molar-refractivity contribution is -0.137. The molecule has 0 bridgehead atoms. The van der Waals surface area contributed by atoms with Gasteiger partial charge in [-0.25, -0.2) is 4.98 Å². The molecule has 30 heavy (non-hydrogen) atoms. The Bertz CT molecular complexity index is 875. The molecule has 4 rings (SSSR count). The van der Waals surface area contributed by atoms with Gasteiger partial charge >= 0.3 is 6.18 Å². The van der Waals surface area contributed by atoms with Crippen molar-refractivity contribution in [2.45, 2.75) is 18.7 Å². The van der Waals surface area contributed by atoms with Crippen molar-refractivity contribution in [2.75, 3.05) is 44.3 Å². The maximum Gasteiger partial charge on any atom is 0.416 e. The number of aromatic nitrogens is 1. The van der Waals surface area contributed by atoms with Crippen LogP contribution in [0.15, 0.2) is 42.6 Å². The van der Waals surface area contributed by atoms with E-state index >= 15 is 0 Å². The smallest absolute Gasteiger partial charge is 0.416 e. The second kappa shape index (κ2) is 8.51.